The normalized spacial score (nSPS) is 32.0. The SMILES string of the molecule is CN1CC[C@@]23CCCC[C@@H]2[C@@H]1Cc1ccc(-c2ccncc2)cc13. The van der Waals surface area contributed by atoms with Crippen molar-refractivity contribution in [3.05, 3.63) is 53.9 Å². The molecule has 2 nitrogen and oxygen atoms in total. The predicted octanol–water partition coefficient (Wildman–Crippen LogP) is 4.44. The zero-order chi connectivity index (χ0) is 16.1. The Hall–Kier alpha value is -1.67. The van der Waals surface area contributed by atoms with Gasteiger partial charge in [0.25, 0.3) is 0 Å². The highest BCUT2D eigenvalue weighted by Crippen LogP contribution is 2.55. The Morgan fingerprint density at radius 1 is 1.04 bits per heavy atom. The summed E-state index contributed by atoms with van der Waals surface area (Å²) in [6.07, 6.45) is 12.1. The van der Waals surface area contributed by atoms with Gasteiger partial charge in [0.1, 0.15) is 0 Å². The summed E-state index contributed by atoms with van der Waals surface area (Å²) in [7, 11) is 2.35. The van der Waals surface area contributed by atoms with Crippen LogP contribution in [0.25, 0.3) is 11.1 Å². The van der Waals surface area contributed by atoms with E-state index < -0.39 is 0 Å². The number of aromatic nitrogens is 1. The fraction of sp³-hybridized carbons (Fsp3) is 0.500. The molecule has 1 saturated carbocycles. The Balaban J connectivity index is 1.66. The molecule has 2 bridgehead atoms. The first kappa shape index (κ1) is 14.7. The monoisotopic (exact) mass is 318 g/mol. The van der Waals surface area contributed by atoms with Crippen LogP contribution in [0, 0.1) is 5.92 Å². The molecular formula is C22H26N2. The first-order valence-corrected chi connectivity index (χ1v) is 9.52. The number of benzene rings is 1. The summed E-state index contributed by atoms with van der Waals surface area (Å²) in [4.78, 5) is 6.82. The van der Waals surface area contributed by atoms with E-state index in [1.165, 1.54) is 56.2 Å². The lowest BCUT2D eigenvalue weighted by molar-refractivity contribution is 0.00290. The number of piperidine rings is 1. The maximum atomic E-state index is 4.18. The summed E-state index contributed by atoms with van der Waals surface area (Å²) < 4.78 is 0. The molecule has 0 unspecified atom stereocenters. The minimum atomic E-state index is 0.450. The number of pyridine rings is 1. The maximum absolute atomic E-state index is 4.18. The molecule has 24 heavy (non-hydrogen) atoms. The summed E-state index contributed by atoms with van der Waals surface area (Å²) >= 11 is 0. The molecule has 124 valence electrons. The van der Waals surface area contributed by atoms with Gasteiger partial charge < -0.3 is 4.90 Å². The smallest absolute Gasteiger partial charge is 0.0273 e. The van der Waals surface area contributed by atoms with Crippen molar-refractivity contribution in [1.82, 2.24) is 9.88 Å². The first-order valence-electron chi connectivity index (χ1n) is 9.52. The molecule has 1 aromatic carbocycles. The van der Waals surface area contributed by atoms with Gasteiger partial charge in [0.2, 0.25) is 0 Å². The third-order valence-electron chi connectivity index (χ3n) is 7.13. The van der Waals surface area contributed by atoms with Gasteiger partial charge in [0.05, 0.1) is 0 Å². The zero-order valence-corrected chi connectivity index (χ0v) is 14.5. The zero-order valence-electron chi connectivity index (χ0n) is 14.5. The van der Waals surface area contributed by atoms with Gasteiger partial charge in [-0.1, -0.05) is 31.0 Å². The fourth-order valence-corrected chi connectivity index (χ4v) is 5.92. The topological polar surface area (TPSA) is 16.1 Å². The van der Waals surface area contributed by atoms with E-state index in [1.54, 1.807) is 11.1 Å². The van der Waals surface area contributed by atoms with Crippen molar-refractivity contribution in [1.29, 1.82) is 0 Å². The van der Waals surface area contributed by atoms with Crippen LogP contribution in [0.3, 0.4) is 0 Å². The standard InChI is InChI=1S/C22H26N2/c1-24-13-10-22-9-3-2-4-19(22)21(24)15-18-6-5-17(14-20(18)22)16-7-11-23-12-8-16/h5-8,11-12,14,19,21H,2-4,9-10,13,15H2,1H3/t19-,21+,22+/m1/s1. The van der Waals surface area contributed by atoms with Crippen LogP contribution in [0.2, 0.25) is 0 Å². The van der Waals surface area contributed by atoms with Crippen molar-refractivity contribution in [3.63, 3.8) is 0 Å². The molecule has 2 heterocycles. The average molecular weight is 318 g/mol. The van der Waals surface area contributed by atoms with Crippen LogP contribution in [-0.2, 0) is 11.8 Å². The van der Waals surface area contributed by atoms with Gasteiger partial charge in [-0.2, -0.15) is 0 Å². The molecule has 2 aromatic rings. The van der Waals surface area contributed by atoms with Crippen LogP contribution >= 0.6 is 0 Å². The Morgan fingerprint density at radius 3 is 2.79 bits per heavy atom. The average Bonchev–Trinajstić information content (AvgIpc) is 2.65. The number of nitrogens with zero attached hydrogens (tertiary/aromatic N) is 2. The van der Waals surface area contributed by atoms with Gasteiger partial charge in [0, 0.05) is 23.9 Å². The number of hydrogen-bond acceptors (Lipinski definition) is 2. The Morgan fingerprint density at radius 2 is 1.92 bits per heavy atom. The summed E-state index contributed by atoms with van der Waals surface area (Å²) in [5, 5.41) is 0. The largest absolute Gasteiger partial charge is 0.303 e. The highest BCUT2D eigenvalue weighted by Gasteiger charge is 2.52. The molecule has 2 aliphatic carbocycles. The Bertz CT molecular complexity index is 754. The minimum Gasteiger partial charge on any atom is -0.303 e. The molecule has 0 N–H and O–H groups in total. The van der Waals surface area contributed by atoms with E-state index in [9.17, 15) is 0 Å². The molecule has 1 saturated heterocycles. The Labute approximate surface area is 144 Å². The number of likely N-dealkylation sites (N-methyl/N-ethyl adjacent to an activating group) is 1. The highest BCUT2D eigenvalue weighted by atomic mass is 15.1. The molecule has 1 aromatic heterocycles. The third kappa shape index (κ3) is 2.02. The molecule has 0 radical (unpaired) electrons. The molecule has 2 heteroatoms. The second-order valence-electron chi connectivity index (χ2n) is 8.12. The van der Waals surface area contributed by atoms with Gasteiger partial charge in [-0.15, -0.1) is 0 Å². The van der Waals surface area contributed by atoms with Crippen molar-refractivity contribution in [2.45, 2.75) is 50.0 Å². The van der Waals surface area contributed by atoms with Crippen LogP contribution in [-0.4, -0.2) is 29.5 Å². The summed E-state index contributed by atoms with van der Waals surface area (Å²) in [5.74, 6) is 0.866. The Kier molecular flexibility index (Phi) is 3.31. The van der Waals surface area contributed by atoms with E-state index in [0.29, 0.717) is 5.41 Å². The summed E-state index contributed by atoms with van der Waals surface area (Å²) in [6.45, 7) is 1.26. The van der Waals surface area contributed by atoms with Gasteiger partial charge >= 0.3 is 0 Å². The number of likely N-dealkylation sites (tertiary alicyclic amines) is 1. The second kappa shape index (κ2) is 5.42. The first-order chi connectivity index (χ1) is 11.8. The van der Waals surface area contributed by atoms with E-state index in [2.05, 4.69) is 47.3 Å². The number of hydrogen-bond donors (Lipinski definition) is 0. The van der Waals surface area contributed by atoms with Crippen LogP contribution < -0.4 is 0 Å². The summed E-state index contributed by atoms with van der Waals surface area (Å²) in [6, 6.07) is 12.3. The van der Waals surface area contributed by atoms with E-state index in [-0.39, 0.29) is 0 Å². The lowest BCUT2D eigenvalue weighted by atomic mass is 9.52. The second-order valence-corrected chi connectivity index (χ2v) is 8.12. The van der Waals surface area contributed by atoms with Gasteiger partial charge in [-0.05, 0) is 79.6 Å². The fourth-order valence-electron chi connectivity index (χ4n) is 5.92. The van der Waals surface area contributed by atoms with Crippen LogP contribution in [0.1, 0.15) is 43.2 Å². The van der Waals surface area contributed by atoms with E-state index in [1.807, 2.05) is 12.4 Å². The van der Waals surface area contributed by atoms with Crippen molar-refractivity contribution in [3.8, 4) is 11.1 Å². The lowest BCUT2D eigenvalue weighted by Gasteiger charge is -2.58. The molecule has 0 spiro atoms. The van der Waals surface area contributed by atoms with E-state index >= 15 is 0 Å². The van der Waals surface area contributed by atoms with Crippen molar-refractivity contribution in [2.75, 3.05) is 13.6 Å². The van der Waals surface area contributed by atoms with Crippen molar-refractivity contribution >= 4 is 0 Å². The molecule has 1 aliphatic heterocycles. The third-order valence-corrected chi connectivity index (χ3v) is 7.13. The van der Waals surface area contributed by atoms with Gasteiger partial charge in [-0.3, -0.25) is 4.98 Å². The van der Waals surface area contributed by atoms with Gasteiger partial charge in [-0.25, -0.2) is 0 Å². The molecule has 3 aliphatic rings. The minimum absolute atomic E-state index is 0.450. The van der Waals surface area contributed by atoms with Crippen LogP contribution in [0.15, 0.2) is 42.7 Å². The van der Waals surface area contributed by atoms with E-state index in [0.717, 1.165) is 12.0 Å². The quantitative estimate of drug-likeness (QED) is 0.773. The van der Waals surface area contributed by atoms with E-state index in [4.69, 9.17) is 0 Å². The lowest BCUT2D eigenvalue weighted by Crippen LogP contribution is -2.59. The maximum Gasteiger partial charge on any atom is 0.0273 e. The summed E-state index contributed by atoms with van der Waals surface area (Å²) in [5.41, 5.74) is 6.42. The van der Waals surface area contributed by atoms with Crippen molar-refractivity contribution < 1.29 is 0 Å². The van der Waals surface area contributed by atoms with Crippen molar-refractivity contribution in [2.24, 2.45) is 5.92 Å². The van der Waals surface area contributed by atoms with Crippen LogP contribution in [0.4, 0.5) is 0 Å². The molecule has 2 fully saturated rings. The molecule has 5 rings (SSSR count). The number of fused-ring (bicyclic) bond motifs is 1. The molecular weight excluding hydrogens is 292 g/mol. The van der Waals surface area contributed by atoms with Gasteiger partial charge in [0.15, 0.2) is 0 Å². The predicted molar refractivity (Wildman–Crippen MR) is 98.0 cm³/mol. The number of rotatable bonds is 1. The molecule has 3 atom stereocenters. The molecule has 0 amide bonds. The van der Waals surface area contributed by atoms with Crippen LogP contribution in [0.5, 0.6) is 0 Å². The highest BCUT2D eigenvalue weighted by molar-refractivity contribution is 5.65.